The van der Waals surface area contributed by atoms with Gasteiger partial charge in [0.1, 0.15) is 0 Å². The van der Waals surface area contributed by atoms with Crippen LogP contribution in [0.3, 0.4) is 0 Å². The number of hydrogen-bond acceptors (Lipinski definition) is 2. The zero-order valence-electron chi connectivity index (χ0n) is 37.8. The molecular formula is C66H45N3. The maximum atomic E-state index is 2.52. The number of fused-ring (bicyclic) bond motifs is 8. The van der Waals surface area contributed by atoms with Crippen molar-refractivity contribution in [3.8, 4) is 27.9 Å². The van der Waals surface area contributed by atoms with Gasteiger partial charge in [-0.2, -0.15) is 0 Å². The van der Waals surface area contributed by atoms with Gasteiger partial charge in [-0.3, -0.25) is 0 Å². The molecule has 0 radical (unpaired) electrons. The third-order valence-electron chi connectivity index (χ3n) is 13.7. The molecule has 0 spiro atoms. The van der Waals surface area contributed by atoms with Crippen molar-refractivity contribution < 1.29 is 0 Å². The molecule has 1 heterocycles. The minimum atomic E-state index is 1.09. The van der Waals surface area contributed by atoms with E-state index in [0.717, 1.165) is 50.8 Å². The van der Waals surface area contributed by atoms with Gasteiger partial charge in [0.05, 0.1) is 22.4 Å². The van der Waals surface area contributed by atoms with E-state index in [1.807, 2.05) is 0 Å². The van der Waals surface area contributed by atoms with Crippen LogP contribution in [0.15, 0.2) is 273 Å². The zero-order chi connectivity index (χ0) is 45.7. The minimum absolute atomic E-state index is 1.09. The molecule has 0 aliphatic heterocycles. The van der Waals surface area contributed by atoms with Crippen molar-refractivity contribution in [2.24, 2.45) is 0 Å². The molecule has 3 heteroatoms. The third kappa shape index (κ3) is 6.99. The van der Waals surface area contributed by atoms with Crippen molar-refractivity contribution >= 4 is 88.2 Å². The van der Waals surface area contributed by atoms with Gasteiger partial charge in [0.25, 0.3) is 0 Å². The summed E-state index contributed by atoms with van der Waals surface area (Å²) in [6.45, 7) is 0. The average molecular weight is 880 g/mol. The van der Waals surface area contributed by atoms with Gasteiger partial charge in [-0.05, 0) is 117 Å². The van der Waals surface area contributed by atoms with E-state index in [-0.39, 0.29) is 0 Å². The van der Waals surface area contributed by atoms with Crippen molar-refractivity contribution in [2.75, 3.05) is 9.80 Å². The summed E-state index contributed by atoms with van der Waals surface area (Å²) >= 11 is 0. The maximum Gasteiger partial charge on any atom is 0.0568 e. The first-order valence-electron chi connectivity index (χ1n) is 23.7. The molecular weight excluding hydrogens is 835 g/mol. The highest BCUT2D eigenvalue weighted by Crippen LogP contribution is 2.50. The number of para-hydroxylation sites is 2. The lowest BCUT2D eigenvalue weighted by Gasteiger charge is -2.27. The summed E-state index contributed by atoms with van der Waals surface area (Å²) in [5.41, 5.74) is 14.7. The standard InChI is InChI=1S/C66H45N3/c1-5-19-46(20-6-1)49-33-38-54(39-34-49)67(52-25-9-3-10-26-52)61-44-63-65(59-31-17-15-29-57(59)61)66-60-32-18-16-30-58(60)62(45-64(66)69(63)56-42-37-48-23-13-14-24-51(48)43-56)68(53-27-11-4-12-28-53)55-40-35-50(36-41-55)47-21-7-2-8-22-47/h1-45H. The molecule has 0 aliphatic carbocycles. The summed E-state index contributed by atoms with van der Waals surface area (Å²) in [6.07, 6.45) is 0. The summed E-state index contributed by atoms with van der Waals surface area (Å²) in [5, 5.41) is 9.62. The predicted octanol–water partition coefficient (Wildman–Crippen LogP) is 18.5. The zero-order valence-corrected chi connectivity index (χ0v) is 37.8. The van der Waals surface area contributed by atoms with Gasteiger partial charge in [0.2, 0.25) is 0 Å². The van der Waals surface area contributed by atoms with Gasteiger partial charge in [-0.15, -0.1) is 0 Å². The number of nitrogens with zero attached hydrogens (tertiary/aromatic N) is 3. The molecule has 12 aromatic carbocycles. The van der Waals surface area contributed by atoms with Gasteiger partial charge in [-0.1, -0.05) is 200 Å². The fourth-order valence-corrected chi connectivity index (χ4v) is 10.5. The molecule has 13 rings (SSSR count). The van der Waals surface area contributed by atoms with Crippen LogP contribution in [-0.2, 0) is 0 Å². The summed E-state index contributed by atoms with van der Waals surface area (Å²) in [5.74, 6) is 0. The van der Waals surface area contributed by atoms with Crippen molar-refractivity contribution in [1.29, 1.82) is 0 Å². The van der Waals surface area contributed by atoms with E-state index in [4.69, 9.17) is 0 Å². The second-order valence-corrected chi connectivity index (χ2v) is 17.7. The Balaban J connectivity index is 1.13. The Bertz CT molecular complexity index is 3750. The normalized spacial score (nSPS) is 11.5. The van der Waals surface area contributed by atoms with Gasteiger partial charge in [0.15, 0.2) is 0 Å². The Hall–Kier alpha value is -9.18. The van der Waals surface area contributed by atoms with E-state index in [1.54, 1.807) is 0 Å². The van der Waals surface area contributed by atoms with Crippen molar-refractivity contribution in [3.63, 3.8) is 0 Å². The molecule has 0 bridgehead atoms. The van der Waals surface area contributed by atoms with Crippen LogP contribution in [0.4, 0.5) is 34.1 Å². The molecule has 324 valence electrons. The smallest absolute Gasteiger partial charge is 0.0568 e. The monoisotopic (exact) mass is 879 g/mol. The van der Waals surface area contributed by atoms with Crippen LogP contribution in [-0.4, -0.2) is 4.57 Å². The van der Waals surface area contributed by atoms with Crippen molar-refractivity contribution in [2.45, 2.75) is 0 Å². The van der Waals surface area contributed by atoms with E-state index < -0.39 is 0 Å². The van der Waals surface area contributed by atoms with Crippen LogP contribution in [0, 0.1) is 0 Å². The molecule has 1 aromatic heterocycles. The highest BCUT2D eigenvalue weighted by Gasteiger charge is 2.26. The molecule has 0 N–H and O–H groups in total. The molecule has 13 aromatic rings. The number of anilines is 6. The SMILES string of the molecule is c1ccc(-c2ccc(N(c3ccccc3)c3cc4c(c5ccccc35)c3c5ccccc5c(N(c5ccccc5)c5ccc(-c6ccccc6)cc5)cc3n4-c3ccc4ccccc4c3)cc2)cc1. The highest BCUT2D eigenvalue weighted by atomic mass is 15.2. The van der Waals surface area contributed by atoms with Crippen LogP contribution in [0.5, 0.6) is 0 Å². The van der Waals surface area contributed by atoms with Gasteiger partial charge >= 0.3 is 0 Å². The number of rotatable bonds is 9. The number of benzene rings is 12. The largest absolute Gasteiger partial charge is 0.310 e. The quantitative estimate of drug-likeness (QED) is 0.143. The summed E-state index contributed by atoms with van der Waals surface area (Å²) < 4.78 is 2.52. The van der Waals surface area contributed by atoms with E-state index in [0.29, 0.717) is 0 Å². The molecule has 0 saturated heterocycles. The number of hydrogen-bond donors (Lipinski definition) is 0. The second kappa shape index (κ2) is 16.9. The fraction of sp³-hybridized carbons (Fsp3) is 0. The molecule has 0 fully saturated rings. The Morgan fingerprint density at radius 1 is 0.246 bits per heavy atom. The lowest BCUT2D eigenvalue weighted by atomic mass is 9.96. The minimum Gasteiger partial charge on any atom is -0.310 e. The molecule has 0 unspecified atom stereocenters. The first-order chi connectivity index (χ1) is 34.2. The lowest BCUT2D eigenvalue weighted by Crippen LogP contribution is -2.11. The van der Waals surface area contributed by atoms with Gasteiger partial charge < -0.3 is 14.4 Å². The fourth-order valence-electron chi connectivity index (χ4n) is 10.5. The first kappa shape index (κ1) is 40.1. The van der Waals surface area contributed by atoms with Gasteiger partial charge in [0, 0.05) is 50.0 Å². The maximum absolute atomic E-state index is 2.52. The van der Waals surface area contributed by atoms with Crippen LogP contribution in [0.25, 0.3) is 82.1 Å². The second-order valence-electron chi connectivity index (χ2n) is 17.7. The lowest BCUT2D eigenvalue weighted by molar-refractivity contribution is 1.18. The molecule has 0 amide bonds. The Morgan fingerprint density at radius 2 is 0.594 bits per heavy atom. The van der Waals surface area contributed by atoms with Crippen molar-refractivity contribution in [3.05, 3.63) is 273 Å². The Labute approximate surface area is 401 Å². The molecule has 0 atom stereocenters. The average Bonchev–Trinajstić information content (AvgIpc) is 3.77. The van der Waals surface area contributed by atoms with E-state index in [9.17, 15) is 0 Å². The Morgan fingerprint density at radius 3 is 1.04 bits per heavy atom. The van der Waals surface area contributed by atoms with E-state index in [2.05, 4.69) is 287 Å². The predicted molar refractivity (Wildman–Crippen MR) is 294 cm³/mol. The van der Waals surface area contributed by atoms with E-state index in [1.165, 1.54) is 65.3 Å². The number of aromatic nitrogens is 1. The summed E-state index contributed by atoms with van der Waals surface area (Å²) in [4.78, 5) is 4.86. The van der Waals surface area contributed by atoms with E-state index >= 15 is 0 Å². The highest BCUT2D eigenvalue weighted by molar-refractivity contribution is 6.32. The molecule has 0 saturated carbocycles. The topological polar surface area (TPSA) is 11.4 Å². The summed E-state index contributed by atoms with van der Waals surface area (Å²) in [7, 11) is 0. The molecule has 69 heavy (non-hydrogen) atoms. The van der Waals surface area contributed by atoms with Gasteiger partial charge in [-0.25, -0.2) is 0 Å². The van der Waals surface area contributed by atoms with Crippen LogP contribution in [0.2, 0.25) is 0 Å². The summed E-state index contributed by atoms with van der Waals surface area (Å²) in [6, 6.07) is 99.3. The molecule has 3 nitrogen and oxygen atoms in total. The van der Waals surface area contributed by atoms with Crippen LogP contribution in [0.1, 0.15) is 0 Å². The van der Waals surface area contributed by atoms with Crippen LogP contribution < -0.4 is 9.80 Å². The Kier molecular flexibility index (Phi) is 9.84. The third-order valence-corrected chi connectivity index (χ3v) is 13.7. The first-order valence-corrected chi connectivity index (χ1v) is 23.7. The van der Waals surface area contributed by atoms with Crippen molar-refractivity contribution in [1.82, 2.24) is 4.57 Å². The molecule has 0 aliphatic rings. The van der Waals surface area contributed by atoms with Crippen LogP contribution >= 0.6 is 0 Å².